The number of esters is 1. The topological polar surface area (TPSA) is 26.3 Å². The fourth-order valence-electron chi connectivity index (χ4n) is 2.13. The van der Waals surface area contributed by atoms with E-state index in [0.29, 0.717) is 6.42 Å². The number of cyclic esters (lactones) is 1. The summed E-state index contributed by atoms with van der Waals surface area (Å²) in [6.07, 6.45) is 2.36. The molecule has 0 radical (unpaired) electrons. The first kappa shape index (κ1) is 12.2. The number of carbonyl (C=O) groups is 1. The monoisotopic (exact) mass is 232 g/mol. The molecule has 17 heavy (non-hydrogen) atoms. The Morgan fingerprint density at radius 1 is 1.24 bits per heavy atom. The fraction of sp³-hybridized carbons (Fsp3) is 0.533. The maximum absolute atomic E-state index is 11.0. The molecule has 2 rings (SSSR count). The van der Waals surface area contributed by atoms with Gasteiger partial charge in [-0.1, -0.05) is 45.0 Å². The van der Waals surface area contributed by atoms with Crippen molar-refractivity contribution in [2.75, 3.05) is 0 Å². The molecule has 0 spiro atoms. The lowest BCUT2D eigenvalue weighted by molar-refractivity contribution is -0.141. The van der Waals surface area contributed by atoms with Crippen molar-refractivity contribution in [1.29, 1.82) is 0 Å². The van der Waals surface area contributed by atoms with Crippen LogP contribution in [0.2, 0.25) is 0 Å². The third-order valence-electron chi connectivity index (χ3n) is 3.25. The third kappa shape index (κ3) is 3.09. The van der Waals surface area contributed by atoms with Crippen LogP contribution in [0.15, 0.2) is 24.3 Å². The summed E-state index contributed by atoms with van der Waals surface area (Å²) >= 11 is 0. The van der Waals surface area contributed by atoms with Gasteiger partial charge >= 0.3 is 5.97 Å². The molecule has 1 aliphatic heterocycles. The Morgan fingerprint density at radius 3 is 2.35 bits per heavy atom. The minimum absolute atomic E-state index is 0.0543. The molecule has 1 fully saturated rings. The molecule has 2 nitrogen and oxygen atoms in total. The first-order valence-corrected chi connectivity index (χ1v) is 6.24. The van der Waals surface area contributed by atoms with Gasteiger partial charge in [-0.25, -0.2) is 0 Å². The molecule has 0 aromatic heterocycles. The van der Waals surface area contributed by atoms with E-state index < -0.39 is 0 Å². The van der Waals surface area contributed by atoms with Crippen molar-refractivity contribution in [3.05, 3.63) is 35.4 Å². The van der Waals surface area contributed by atoms with E-state index in [-0.39, 0.29) is 17.5 Å². The van der Waals surface area contributed by atoms with E-state index in [9.17, 15) is 4.79 Å². The standard InChI is InChI=1S/C15H20O2/c1-15(2,3)12-6-4-11(5-7-12)10-13-8-9-14(16)17-13/h4-7,13H,8-10H2,1-3H3. The highest BCUT2D eigenvalue weighted by atomic mass is 16.5. The van der Waals surface area contributed by atoms with Gasteiger partial charge in [-0.15, -0.1) is 0 Å². The van der Waals surface area contributed by atoms with Crippen LogP contribution in [0.5, 0.6) is 0 Å². The van der Waals surface area contributed by atoms with Gasteiger partial charge in [-0.05, 0) is 23.0 Å². The molecule has 1 aromatic rings. The predicted octanol–water partition coefficient (Wildman–Crippen LogP) is 3.23. The van der Waals surface area contributed by atoms with Gasteiger partial charge in [-0.2, -0.15) is 0 Å². The van der Waals surface area contributed by atoms with Crippen LogP contribution in [0, 0.1) is 0 Å². The number of benzene rings is 1. The van der Waals surface area contributed by atoms with Crippen molar-refractivity contribution in [2.24, 2.45) is 0 Å². The zero-order valence-electron chi connectivity index (χ0n) is 10.8. The van der Waals surface area contributed by atoms with Crippen LogP contribution < -0.4 is 0 Å². The summed E-state index contributed by atoms with van der Waals surface area (Å²) in [5.74, 6) is -0.0543. The Labute approximate surface area is 103 Å². The molecule has 2 heteroatoms. The zero-order valence-corrected chi connectivity index (χ0v) is 10.8. The Balaban J connectivity index is 2.01. The molecule has 1 aliphatic rings. The molecule has 0 bridgehead atoms. The van der Waals surface area contributed by atoms with Gasteiger partial charge in [0, 0.05) is 12.8 Å². The summed E-state index contributed by atoms with van der Waals surface area (Å²) in [7, 11) is 0. The average molecular weight is 232 g/mol. The van der Waals surface area contributed by atoms with E-state index in [1.54, 1.807) is 0 Å². The van der Waals surface area contributed by atoms with Gasteiger partial charge in [0.25, 0.3) is 0 Å². The lowest BCUT2D eigenvalue weighted by Gasteiger charge is -2.19. The van der Waals surface area contributed by atoms with Crippen LogP contribution in [0.4, 0.5) is 0 Å². The van der Waals surface area contributed by atoms with Crippen molar-refractivity contribution < 1.29 is 9.53 Å². The Morgan fingerprint density at radius 2 is 1.88 bits per heavy atom. The minimum atomic E-state index is -0.0543. The molecule has 92 valence electrons. The smallest absolute Gasteiger partial charge is 0.306 e. The van der Waals surface area contributed by atoms with E-state index in [1.165, 1.54) is 11.1 Å². The van der Waals surface area contributed by atoms with Crippen LogP contribution in [-0.2, 0) is 21.4 Å². The molecule has 1 saturated heterocycles. The zero-order chi connectivity index (χ0) is 12.5. The molecule has 0 amide bonds. The lowest BCUT2D eigenvalue weighted by Crippen LogP contribution is -2.12. The van der Waals surface area contributed by atoms with Crippen LogP contribution >= 0.6 is 0 Å². The van der Waals surface area contributed by atoms with Crippen LogP contribution in [0.25, 0.3) is 0 Å². The van der Waals surface area contributed by atoms with E-state index in [2.05, 4.69) is 45.0 Å². The van der Waals surface area contributed by atoms with Crippen molar-refractivity contribution in [2.45, 2.75) is 51.6 Å². The normalized spacial score (nSPS) is 20.4. The fourth-order valence-corrected chi connectivity index (χ4v) is 2.13. The summed E-state index contributed by atoms with van der Waals surface area (Å²) in [5, 5.41) is 0. The first-order valence-electron chi connectivity index (χ1n) is 6.24. The highest BCUT2D eigenvalue weighted by molar-refractivity contribution is 5.71. The summed E-state index contributed by atoms with van der Waals surface area (Å²) in [4.78, 5) is 11.0. The number of carbonyl (C=O) groups excluding carboxylic acids is 1. The summed E-state index contributed by atoms with van der Waals surface area (Å²) < 4.78 is 5.22. The van der Waals surface area contributed by atoms with Crippen LogP contribution in [-0.4, -0.2) is 12.1 Å². The molecular formula is C15H20O2. The van der Waals surface area contributed by atoms with Crippen molar-refractivity contribution in [3.63, 3.8) is 0 Å². The van der Waals surface area contributed by atoms with Crippen LogP contribution in [0.1, 0.15) is 44.7 Å². The third-order valence-corrected chi connectivity index (χ3v) is 3.25. The lowest BCUT2D eigenvalue weighted by atomic mass is 9.86. The Bertz CT molecular complexity index is 398. The predicted molar refractivity (Wildman–Crippen MR) is 68.0 cm³/mol. The number of hydrogen-bond acceptors (Lipinski definition) is 2. The second-order valence-corrected chi connectivity index (χ2v) is 5.80. The second kappa shape index (κ2) is 4.52. The van der Waals surface area contributed by atoms with E-state index in [0.717, 1.165) is 12.8 Å². The maximum Gasteiger partial charge on any atom is 0.306 e. The van der Waals surface area contributed by atoms with Gasteiger partial charge in [-0.3, -0.25) is 4.79 Å². The van der Waals surface area contributed by atoms with E-state index in [4.69, 9.17) is 4.74 Å². The molecule has 1 unspecified atom stereocenters. The molecule has 0 N–H and O–H groups in total. The number of hydrogen-bond donors (Lipinski definition) is 0. The van der Waals surface area contributed by atoms with Gasteiger partial charge in [0.1, 0.15) is 6.10 Å². The molecule has 1 atom stereocenters. The van der Waals surface area contributed by atoms with Gasteiger partial charge in [0.2, 0.25) is 0 Å². The molecular weight excluding hydrogens is 212 g/mol. The number of rotatable bonds is 2. The average Bonchev–Trinajstić information content (AvgIpc) is 2.63. The quantitative estimate of drug-likeness (QED) is 0.732. The Kier molecular flexibility index (Phi) is 3.23. The maximum atomic E-state index is 11.0. The molecule has 1 aromatic carbocycles. The summed E-state index contributed by atoms with van der Waals surface area (Å²) in [6, 6.07) is 8.64. The van der Waals surface area contributed by atoms with E-state index >= 15 is 0 Å². The molecule has 1 heterocycles. The Hall–Kier alpha value is -1.31. The van der Waals surface area contributed by atoms with Gasteiger partial charge in [0.05, 0.1) is 0 Å². The van der Waals surface area contributed by atoms with Crippen molar-refractivity contribution in [1.82, 2.24) is 0 Å². The molecule has 0 aliphatic carbocycles. The largest absolute Gasteiger partial charge is 0.462 e. The van der Waals surface area contributed by atoms with Crippen LogP contribution in [0.3, 0.4) is 0 Å². The van der Waals surface area contributed by atoms with E-state index in [1.807, 2.05) is 0 Å². The van der Waals surface area contributed by atoms with Crippen molar-refractivity contribution in [3.8, 4) is 0 Å². The minimum Gasteiger partial charge on any atom is -0.462 e. The summed E-state index contributed by atoms with van der Waals surface area (Å²) in [5.41, 5.74) is 2.78. The van der Waals surface area contributed by atoms with Gasteiger partial charge in [0.15, 0.2) is 0 Å². The highest BCUT2D eigenvalue weighted by Gasteiger charge is 2.23. The van der Waals surface area contributed by atoms with Crippen molar-refractivity contribution >= 4 is 5.97 Å². The SMILES string of the molecule is CC(C)(C)c1ccc(CC2CCC(=O)O2)cc1. The highest BCUT2D eigenvalue weighted by Crippen LogP contribution is 2.24. The van der Waals surface area contributed by atoms with Gasteiger partial charge < -0.3 is 4.74 Å². The number of ether oxygens (including phenoxy) is 1. The second-order valence-electron chi connectivity index (χ2n) is 5.80. The summed E-state index contributed by atoms with van der Waals surface area (Å²) in [6.45, 7) is 6.63. The first-order chi connectivity index (χ1) is 7.95. The molecule has 0 saturated carbocycles.